The fourth-order valence-corrected chi connectivity index (χ4v) is 0.443. The van der Waals surface area contributed by atoms with Crippen molar-refractivity contribution < 1.29 is 6.48 Å². The van der Waals surface area contributed by atoms with Gasteiger partial charge in [-0.25, -0.2) is 0 Å². The lowest BCUT2D eigenvalue weighted by molar-refractivity contribution is 0.302. The van der Waals surface area contributed by atoms with Crippen molar-refractivity contribution in [2.24, 2.45) is 5.41 Å². The number of hydrogen-bond acceptors (Lipinski definition) is 1. The van der Waals surface area contributed by atoms with Crippen molar-refractivity contribution in [3.05, 3.63) is 12.1 Å². The molecule has 0 rings (SSSR count). The summed E-state index contributed by atoms with van der Waals surface area (Å²) < 4.78 is 7.48. The zero-order valence-electron chi connectivity index (χ0n) is 7.44. The van der Waals surface area contributed by atoms with Gasteiger partial charge in [0.15, 0.2) is 0 Å². The van der Waals surface area contributed by atoms with E-state index in [9.17, 15) is 0 Å². The molecule has 0 radical (unpaired) electrons. The molecule has 1 N–H and O–H groups in total. The van der Waals surface area contributed by atoms with Crippen LogP contribution in [0.15, 0.2) is 12.1 Å². The van der Waals surface area contributed by atoms with Gasteiger partial charge in [0, 0.05) is 6.61 Å². The van der Waals surface area contributed by atoms with Gasteiger partial charge >= 0.3 is 0 Å². The van der Waals surface area contributed by atoms with Crippen molar-refractivity contribution in [2.45, 2.75) is 27.2 Å². The molecule has 0 aliphatic carbocycles. The predicted octanol–water partition coefficient (Wildman–Crippen LogP) is 1.97. The van der Waals surface area contributed by atoms with Crippen LogP contribution >= 0.6 is 0 Å². The molecule has 0 bridgehead atoms. The first-order chi connectivity index (χ1) is 4.48. The summed E-state index contributed by atoms with van der Waals surface area (Å²) in [6.45, 7) is 6.11. The van der Waals surface area contributed by atoms with Crippen molar-refractivity contribution in [1.82, 2.24) is 0 Å². The van der Waals surface area contributed by atoms with Crippen LogP contribution in [0.5, 0.6) is 0 Å². The Morgan fingerprint density at radius 1 is 1.56 bits per heavy atom. The number of aliphatic hydroxyl groups excluding tert-OH is 1. The normalized spacial score (nSPS) is 15.6. The van der Waals surface area contributed by atoms with E-state index in [1.54, 1.807) is 6.08 Å². The molecule has 0 aliphatic heterocycles. The predicted molar refractivity (Wildman–Crippen MR) is 40.3 cm³/mol. The fraction of sp³-hybridized carbons (Fsp3) is 0.750. The monoisotopic (exact) mass is 129 g/mol. The molecule has 0 amide bonds. The highest BCUT2D eigenvalue weighted by molar-refractivity contribution is 4.91. The summed E-state index contributed by atoms with van der Waals surface area (Å²) in [5, 5.41) is 8.45. The van der Waals surface area contributed by atoms with Gasteiger partial charge in [-0.15, -0.1) is 0 Å². The molecular weight excluding hydrogens is 112 g/mol. The minimum Gasteiger partial charge on any atom is -0.396 e. The molecule has 0 heterocycles. The molecule has 0 aromatic heterocycles. The van der Waals surface area contributed by atoms with Gasteiger partial charge in [-0.2, -0.15) is 0 Å². The van der Waals surface area contributed by atoms with Crippen LogP contribution in [-0.2, 0) is 0 Å². The Morgan fingerprint density at radius 2 is 2.11 bits per heavy atom. The van der Waals surface area contributed by atoms with Gasteiger partial charge in [0.2, 0.25) is 0 Å². The SMILES string of the molecule is [2H]/C(=C\CCO)C(C)(C)C. The van der Waals surface area contributed by atoms with Gasteiger partial charge in [-0.05, 0) is 11.8 Å². The maximum Gasteiger partial charge on any atom is 0.0578 e. The van der Waals surface area contributed by atoms with Crippen molar-refractivity contribution in [3.63, 3.8) is 0 Å². The first-order valence-corrected chi connectivity index (χ1v) is 3.26. The largest absolute Gasteiger partial charge is 0.396 e. The minimum absolute atomic E-state index is 0.0742. The molecule has 0 spiro atoms. The molecule has 0 aromatic carbocycles. The molecule has 1 heteroatoms. The lowest BCUT2D eigenvalue weighted by atomic mass is 9.96. The Kier molecular flexibility index (Phi) is 2.78. The van der Waals surface area contributed by atoms with Crippen LogP contribution < -0.4 is 0 Å². The highest BCUT2D eigenvalue weighted by Gasteiger charge is 2.01. The second-order valence-corrected chi connectivity index (χ2v) is 3.11. The summed E-state index contributed by atoms with van der Waals surface area (Å²) in [7, 11) is 0. The lowest BCUT2D eigenvalue weighted by Gasteiger charge is -2.10. The van der Waals surface area contributed by atoms with Crippen molar-refractivity contribution in [2.75, 3.05) is 6.61 Å². The Labute approximate surface area is 58.8 Å². The average Bonchev–Trinajstić information content (AvgIpc) is 1.80. The number of aliphatic hydroxyl groups is 1. The third-order valence-corrected chi connectivity index (χ3v) is 0.809. The van der Waals surface area contributed by atoms with Gasteiger partial charge in [0.05, 0.1) is 1.37 Å². The lowest BCUT2D eigenvalue weighted by Crippen LogP contribution is -1.98. The molecule has 0 unspecified atom stereocenters. The molecule has 9 heavy (non-hydrogen) atoms. The molecule has 0 aromatic rings. The minimum atomic E-state index is -0.0742. The number of rotatable bonds is 2. The van der Waals surface area contributed by atoms with Crippen LogP contribution in [-0.4, -0.2) is 11.7 Å². The molecule has 0 saturated carbocycles. The second kappa shape index (κ2) is 3.67. The second-order valence-electron chi connectivity index (χ2n) is 3.11. The van der Waals surface area contributed by atoms with Crippen LogP contribution in [0.3, 0.4) is 0 Å². The topological polar surface area (TPSA) is 20.2 Å². The van der Waals surface area contributed by atoms with Crippen LogP contribution in [0.2, 0.25) is 0 Å². The van der Waals surface area contributed by atoms with E-state index in [2.05, 4.69) is 0 Å². The molecule has 0 saturated heterocycles. The Balaban J connectivity index is 3.93. The van der Waals surface area contributed by atoms with Gasteiger partial charge in [-0.3, -0.25) is 0 Å². The molecule has 1 nitrogen and oxygen atoms in total. The summed E-state index contributed by atoms with van der Waals surface area (Å²) in [4.78, 5) is 0. The van der Waals surface area contributed by atoms with Gasteiger partial charge in [-0.1, -0.05) is 32.9 Å². The maximum absolute atomic E-state index is 8.45. The van der Waals surface area contributed by atoms with Gasteiger partial charge in [0.25, 0.3) is 0 Å². The van der Waals surface area contributed by atoms with Crippen molar-refractivity contribution in [1.29, 1.82) is 0 Å². The highest BCUT2D eigenvalue weighted by atomic mass is 16.2. The van der Waals surface area contributed by atoms with E-state index in [0.29, 0.717) is 12.5 Å². The van der Waals surface area contributed by atoms with Crippen LogP contribution in [0, 0.1) is 5.41 Å². The summed E-state index contributed by atoms with van der Waals surface area (Å²) in [5.74, 6) is 0. The maximum atomic E-state index is 8.45. The smallest absolute Gasteiger partial charge is 0.0578 e. The van der Waals surface area contributed by atoms with E-state index >= 15 is 0 Å². The summed E-state index contributed by atoms with van der Waals surface area (Å²) in [5.41, 5.74) is -0.0742. The van der Waals surface area contributed by atoms with E-state index in [1.165, 1.54) is 0 Å². The molecule has 54 valence electrons. The van der Waals surface area contributed by atoms with E-state index in [4.69, 9.17) is 6.48 Å². The zero-order chi connectivity index (χ0) is 8.20. The number of allylic oxidation sites excluding steroid dienone is 1. The Hall–Kier alpha value is -0.300. The fourth-order valence-electron chi connectivity index (χ4n) is 0.443. The molecule has 0 fully saturated rings. The summed E-state index contributed by atoms with van der Waals surface area (Å²) >= 11 is 0. The Bertz CT molecular complexity index is 122. The number of hydrogen-bond donors (Lipinski definition) is 1. The van der Waals surface area contributed by atoms with Crippen molar-refractivity contribution >= 4 is 0 Å². The summed E-state index contributed by atoms with van der Waals surface area (Å²) in [6, 6.07) is 0.599. The Morgan fingerprint density at radius 3 is 2.44 bits per heavy atom. The zero-order valence-corrected chi connectivity index (χ0v) is 6.44. The van der Waals surface area contributed by atoms with Gasteiger partial charge in [0.1, 0.15) is 0 Å². The first kappa shape index (κ1) is 6.81. The molecular formula is C8H16O. The van der Waals surface area contributed by atoms with Crippen LogP contribution in [0.1, 0.15) is 28.6 Å². The molecule has 0 aliphatic rings. The first-order valence-electron chi connectivity index (χ1n) is 3.76. The third-order valence-electron chi connectivity index (χ3n) is 0.809. The van der Waals surface area contributed by atoms with Gasteiger partial charge < -0.3 is 5.11 Å². The quantitative estimate of drug-likeness (QED) is 0.565. The van der Waals surface area contributed by atoms with E-state index in [0.717, 1.165) is 0 Å². The third kappa shape index (κ3) is 7.70. The average molecular weight is 129 g/mol. The molecule has 0 atom stereocenters. The standard InChI is InChI=1S/C8H16O/c1-8(2,3)6-4-5-7-9/h4,6,9H,5,7H2,1-3H3/b6-4+/i6D. The van der Waals surface area contributed by atoms with E-state index in [-0.39, 0.29) is 12.0 Å². The summed E-state index contributed by atoms with van der Waals surface area (Å²) in [6.07, 6.45) is 2.36. The van der Waals surface area contributed by atoms with Crippen molar-refractivity contribution in [3.8, 4) is 0 Å². The van der Waals surface area contributed by atoms with E-state index < -0.39 is 0 Å². The van der Waals surface area contributed by atoms with Crippen LogP contribution in [0.4, 0.5) is 0 Å². The van der Waals surface area contributed by atoms with E-state index in [1.807, 2.05) is 20.8 Å². The highest BCUT2D eigenvalue weighted by Crippen LogP contribution is 2.14. The van der Waals surface area contributed by atoms with Crippen LogP contribution in [0.25, 0.3) is 0 Å².